The first kappa shape index (κ1) is 53.6. The van der Waals surface area contributed by atoms with Crippen molar-refractivity contribution in [2.75, 3.05) is 101 Å². The number of ether oxygens (including phenoxy) is 3. The van der Waals surface area contributed by atoms with E-state index in [1.807, 2.05) is 31.2 Å². The van der Waals surface area contributed by atoms with Gasteiger partial charge in [-0.25, -0.2) is 4.98 Å². The Labute approximate surface area is 417 Å². The lowest BCUT2D eigenvalue weighted by atomic mass is 9.74. The molecule has 0 aliphatic carbocycles. The van der Waals surface area contributed by atoms with Crippen molar-refractivity contribution >= 4 is 71.1 Å². The molecule has 1 unspecified atom stereocenters. The van der Waals surface area contributed by atoms with E-state index in [0.29, 0.717) is 94.7 Å². The fourth-order valence-corrected chi connectivity index (χ4v) is 8.65. The number of aromatic nitrogens is 2. The molecule has 2 aromatic carbocycles. The van der Waals surface area contributed by atoms with E-state index in [1.54, 1.807) is 36.5 Å². The Hall–Kier alpha value is -5.39. The Morgan fingerprint density at radius 2 is 1.79 bits per heavy atom. The Bertz CT molecular complexity index is 2350. The number of likely N-dealkylation sites (N-methyl/N-ethyl adjacent to an activating group) is 1. The van der Waals surface area contributed by atoms with Gasteiger partial charge in [0.1, 0.15) is 17.7 Å². The van der Waals surface area contributed by atoms with E-state index in [2.05, 4.69) is 94.1 Å². The van der Waals surface area contributed by atoms with Crippen molar-refractivity contribution in [1.82, 2.24) is 30.8 Å². The van der Waals surface area contributed by atoms with Crippen LogP contribution in [-0.4, -0.2) is 118 Å². The van der Waals surface area contributed by atoms with Crippen LogP contribution in [0.2, 0.25) is 10.0 Å². The van der Waals surface area contributed by atoms with Gasteiger partial charge in [-0.05, 0) is 70.3 Å². The molecule has 1 spiro atoms. The van der Waals surface area contributed by atoms with Crippen LogP contribution in [0, 0.1) is 10.8 Å². The van der Waals surface area contributed by atoms with Crippen molar-refractivity contribution in [3.63, 3.8) is 0 Å². The molecule has 3 aliphatic heterocycles. The zero-order chi connectivity index (χ0) is 49.2. The van der Waals surface area contributed by atoms with Crippen LogP contribution in [0.5, 0.6) is 5.75 Å². The summed E-state index contributed by atoms with van der Waals surface area (Å²) in [5.74, 6) is 2.22. The number of piperidine rings is 1. The van der Waals surface area contributed by atoms with Gasteiger partial charge < -0.3 is 51.0 Å². The first-order valence-electron chi connectivity index (χ1n) is 22.5. The summed E-state index contributed by atoms with van der Waals surface area (Å²) in [4.78, 5) is 24.1. The fraction of sp³-hybridized carbons (Fsp3) is 0.373. The standard InChI is InChI=1S/C24H24Cl2N6O.C18H26N2O3S.C9H16N2/c1-14(22-18(25)8-29-9-19(22)26)33-16-3-4-20(27)17(6-16)23(28)15-2-5-21(31-7-15)32-12-24(13-32)10-30-11-24;1-3-17-16(14-21)5-4-6-18(17)20-13-15(2)19-7-8-22-9-10-23-11-12-24;1-7-5-6-9(11(3)4)8(2)10-7/h2-9,14,28,30H,10-13,27H2,1H3;3-6,14,19-20,24H,1-2,7-13H2;9-10H,1-2,5-6H2,3-4H3/t14-;;/m1../s1. The molecule has 2 aromatic heterocycles. The number of benzene rings is 2. The number of rotatable bonds is 21. The Kier molecular flexibility index (Phi) is 20.8. The predicted molar refractivity (Wildman–Crippen MR) is 283 cm³/mol. The average molecular weight is 986 g/mol. The molecule has 0 radical (unpaired) electrons. The number of hydrogen-bond donors (Lipinski definition) is 7. The van der Waals surface area contributed by atoms with Gasteiger partial charge in [-0.2, -0.15) is 12.6 Å². The molecule has 14 nitrogen and oxygen atoms in total. The van der Waals surface area contributed by atoms with E-state index in [-0.39, 0.29) is 5.71 Å². The van der Waals surface area contributed by atoms with E-state index in [0.717, 1.165) is 85.2 Å². The Morgan fingerprint density at radius 3 is 2.40 bits per heavy atom. The van der Waals surface area contributed by atoms with Crippen LogP contribution >= 0.6 is 35.8 Å². The molecule has 3 aliphatic rings. The Balaban J connectivity index is 0.000000215. The first-order chi connectivity index (χ1) is 32.7. The van der Waals surface area contributed by atoms with Crippen LogP contribution in [0.25, 0.3) is 6.08 Å². The van der Waals surface area contributed by atoms with Gasteiger partial charge in [0.05, 0.1) is 48.7 Å². The largest absolute Gasteiger partial charge is 0.486 e. The predicted octanol–water partition coefficient (Wildman–Crippen LogP) is 8.28. The molecule has 0 amide bonds. The minimum Gasteiger partial charge on any atom is -0.486 e. The summed E-state index contributed by atoms with van der Waals surface area (Å²) in [5, 5.41) is 22.6. The fourth-order valence-electron chi connectivity index (χ4n) is 7.85. The second kappa shape index (κ2) is 26.4. The molecule has 2 atom stereocenters. The molecular weight excluding hydrogens is 920 g/mol. The van der Waals surface area contributed by atoms with Gasteiger partial charge in [-0.3, -0.25) is 15.2 Å². The van der Waals surface area contributed by atoms with E-state index < -0.39 is 6.10 Å². The molecule has 68 heavy (non-hydrogen) atoms. The highest BCUT2D eigenvalue weighted by atomic mass is 35.5. The van der Waals surface area contributed by atoms with Gasteiger partial charge in [0.25, 0.3) is 0 Å². The van der Waals surface area contributed by atoms with Crippen molar-refractivity contribution in [3.8, 4) is 5.75 Å². The minimum atomic E-state index is -0.412. The van der Waals surface area contributed by atoms with Crippen LogP contribution in [-0.2, 0) is 9.47 Å². The molecule has 5 heterocycles. The molecular formula is C51H66Cl2N10O4S. The first-order valence-corrected chi connectivity index (χ1v) is 23.9. The number of nitrogens with zero attached hydrogens (tertiary/aromatic N) is 4. The van der Waals surface area contributed by atoms with Gasteiger partial charge in [0, 0.05) is 125 Å². The van der Waals surface area contributed by atoms with E-state index in [1.165, 1.54) is 12.4 Å². The SMILES string of the molecule is C=C1CCC(N(C)C)C(=C)N1.C=Cc1c(C=O)cccc1NCC(=C)NCCOCCOCCS.C[C@@H](Oc1ccc(N)c(C(=N)c2ccc(N3CC4(CNC4)C3)nc2)c1)c1c(Cl)cncc1Cl. The lowest BCUT2D eigenvalue weighted by Crippen LogP contribution is -2.71. The third-order valence-electron chi connectivity index (χ3n) is 11.6. The van der Waals surface area contributed by atoms with Crippen molar-refractivity contribution in [2.24, 2.45) is 5.41 Å². The number of hydrogen-bond acceptors (Lipinski definition) is 15. The van der Waals surface area contributed by atoms with Crippen LogP contribution in [0.15, 0.2) is 111 Å². The smallest absolute Gasteiger partial charge is 0.150 e. The second-order valence-corrected chi connectivity index (χ2v) is 18.3. The highest BCUT2D eigenvalue weighted by molar-refractivity contribution is 7.80. The highest BCUT2D eigenvalue weighted by Crippen LogP contribution is 2.37. The van der Waals surface area contributed by atoms with Crippen LogP contribution in [0.1, 0.15) is 58.5 Å². The lowest BCUT2D eigenvalue weighted by Gasteiger charge is -2.56. The number of carbonyl (C=O) groups excluding carboxylic acids is 1. The molecule has 3 saturated heterocycles. The normalized spacial score (nSPS) is 16.1. The quantitative estimate of drug-likeness (QED) is 0.0140. The number of anilines is 3. The molecule has 0 bridgehead atoms. The molecule has 17 heteroatoms. The zero-order valence-corrected chi connectivity index (χ0v) is 41.8. The summed E-state index contributed by atoms with van der Waals surface area (Å²) in [6, 6.07) is 15.1. The van der Waals surface area contributed by atoms with Gasteiger partial charge in [0.15, 0.2) is 6.29 Å². The summed E-state index contributed by atoms with van der Waals surface area (Å²) in [6.45, 7) is 25.2. The van der Waals surface area contributed by atoms with Crippen LogP contribution in [0.3, 0.4) is 0 Å². The van der Waals surface area contributed by atoms with Gasteiger partial charge in [-0.15, -0.1) is 0 Å². The number of aldehydes is 1. The van der Waals surface area contributed by atoms with Gasteiger partial charge in [0.2, 0.25) is 0 Å². The summed E-state index contributed by atoms with van der Waals surface area (Å²) in [6.07, 6.45) is 9.08. The highest BCUT2D eigenvalue weighted by Gasteiger charge is 2.47. The topological polar surface area (TPSA) is 175 Å². The zero-order valence-electron chi connectivity index (χ0n) is 39.4. The molecule has 364 valence electrons. The lowest BCUT2D eigenvalue weighted by molar-refractivity contribution is 0.0556. The van der Waals surface area contributed by atoms with E-state index >= 15 is 0 Å². The molecule has 7 N–H and O–H groups in total. The monoisotopic (exact) mass is 984 g/mol. The van der Waals surface area contributed by atoms with Gasteiger partial charge >= 0.3 is 0 Å². The number of nitrogens with one attached hydrogen (secondary N) is 5. The van der Waals surface area contributed by atoms with Crippen molar-refractivity contribution < 1.29 is 19.0 Å². The van der Waals surface area contributed by atoms with Crippen molar-refractivity contribution in [1.29, 1.82) is 5.41 Å². The summed E-state index contributed by atoms with van der Waals surface area (Å²) >= 11 is 16.6. The van der Waals surface area contributed by atoms with Crippen LogP contribution in [0.4, 0.5) is 17.2 Å². The molecule has 0 saturated carbocycles. The van der Waals surface area contributed by atoms with Crippen molar-refractivity contribution in [2.45, 2.75) is 31.9 Å². The minimum absolute atomic E-state index is 0.285. The summed E-state index contributed by atoms with van der Waals surface area (Å²) < 4.78 is 16.8. The van der Waals surface area contributed by atoms with Crippen molar-refractivity contribution in [3.05, 3.63) is 148 Å². The average Bonchev–Trinajstić information content (AvgIpc) is 3.29. The van der Waals surface area contributed by atoms with E-state index in [4.69, 9.17) is 48.6 Å². The molecule has 3 fully saturated rings. The number of pyridine rings is 2. The summed E-state index contributed by atoms with van der Waals surface area (Å²) in [7, 11) is 4.15. The molecule has 7 rings (SSSR count). The maximum Gasteiger partial charge on any atom is 0.150 e. The Morgan fingerprint density at radius 1 is 1.07 bits per heavy atom. The van der Waals surface area contributed by atoms with Gasteiger partial charge in [-0.1, -0.05) is 67.7 Å². The maximum absolute atomic E-state index is 11.0. The number of carbonyl (C=O) groups is 1. The number of nitrogen functional groups attached to an aromatic ring is 1. The summed E-state index contributed by atoms with van der Waals surface area (Å²) in [5.41, 5.74) is 14.6. The maximum atomic E-state index is 11.0. The number of thiol groups is 1. The number of allylic oxidation sites excluding steroid dienone is 1. The third-order valence-corrected chi connectivity index (χ3v) is 12.4. The third kappa shape index (κ3) is 15.1. The number of nitrogens with two attached hydrogens (primary N) is 1. The molecule has 4 aromatic rings. The van der Waals surface area contributed by atoms with E-state index in [9.17, 15) is 4.79 Å². The number of halogens is 2. The van der Waals surface area contributed by atoms with Crippen LogP contribution < -0.4 is 36.6 Å². The second-order valence-electron chi connectivity index (χ2n) is 17.0.